The Morgan fingerprint density at radius 2 is 1.50 bits per heavy atom. The maximum absolute atomic E-state index is 12.7. The predicted octanol–water partition coefficient (Wildman–Crippen LogP) is 3.17. The van der Waals surface area contributed by atoms with Crippen molar-refractivity contribution in [1.82, 2.24) is 4.90 Å². The Bertz CT molecular complexity index is 529. The Hall–Kier alpha value is -1.89. The summed E-state index contributed by atoms with van der Waals surface area (Å²) in [7, 11) is 0. The van der Waals surface area contributed by atoms with Gasteiger partial charge in [-0.2, -0.15) is 0 Å². The Balaban J connectivity index is 5.81. The molecule has 0 aliphatic carbocycles. The van der Waals surface area contributed by atoms with Gasteiger partial charge in [0, 0.05) is 5.57 Å². The molecule has 0 aliphatic heterocycles. The molecule has 7 heteroatoms. The van der Waals surface area contributed by atoms with Crippen molar-refractivity contribution in [2.75, 3.05) is 6.54 Å². The van der Waals surface area contributed by atoms with Crippen LogP contribution in [-0.2, 0) is 19.1 Å². The first-order chi connectivity index (χ1) is 11.7. The van der Waals surface area contributed by atoms with Crippen LogP contribution < -0.4 is 5.73 Å². The minimum Gasteiger partial charge on any atom is -0.458 e. The van der Waals surface area contributed by atoms with Crippen molar-refractivity contribution in [3.05, 3.63) is 12.2 Å². The van der Waals surface area contributed by atoms with Crippen molar-refractivity contribution in [3.63, 3.8) is 0 Å². The molecule has 0 aromatic rings. The number of amides is 2. The lowest BCUT2D eigenvalue weighted by Gasteiger charge is -2.32. The summed E-state index contributed by atoms with van der Waals surface area (Å²) in [5.74, 6) is -1.32. The molecule has 2 amide bonds. The first kappa shape index (κ1) is 24.1. The summed E-state index contributed by atoms with van der Waals surface area (Å²) in [6, 6.07) is -1.10. The zero-order valence-corrected chi connectivity index (χ0v) is 17.2. The van der Waals surface area contributed by atoms with Gasteiger partial charge >= 0.3 is 12.1 Å². The van der Waals surface area contributed by atoms with Crippen LogP contribution in [0.25, 0.3) is 0 Å². The highest BCUT2D eigenvalue weighted by molar-refractivity contribution is 6.04. The number of hydrogen-bond donors (Lipinski definition) is 1. The second-order valence-electron chi connectivity index (χ2n) is 8.27. The number of imide groups is 1. The molecule has 2 N–H and O–H groups in total. The second-order valence-corrected chi connectivity index (χ2v) is 8.27. The zero-order valence-electron chi connectivity index (χ0n) is 17.2. The van der Waals surface area contributed by atoms with Crippen LogP contribution in [0.4, 0.5) is 4.79 Å². The quantitative estimate of drug-likeness (QED) is 0.420. The molecule has 0 unspecified atom stereocenters. The molecule has 0 spiro atoms. The van der Waals surface area contributed by atoms with Gasteiger partial charge < -0.3 is 15.2 Å². The van der Waals surface area contributed by atoms with E-state index in [1.54, 1.807) is 41.5 Å². The third-order valence-electron chi connectivity index (χ3n) is 3.10. The van der Waals surface area contributed by atoms with Gasteiger partial charge in [0.1, 0.15) is 17.2 Å². The standard InChI is InChI=1S/C19H34N2O5/c1-13(2)15(22)21(17(24)26-19(6,7)8)14(11-9-10-12-20)16(23)25-18(3,4)5/h14H,1,9-12,20H2,2-8H3/t14-/m0/s1. The maximum atomic E-state index is 12.7. The van der Waals surface area contributed by atoms with Gasteiger partial charge in [0.25, 0.3) is 5.91 Å². The fraction of sp³-hybridized carbons (Fsp3) is 0.737. The molecule has 0 fully saturated rings. The number of ether oxygens (including phenoxy) is 2. The van der Waals surface area contributed by atoms with Gasteiger partial charge in [0.15, 0.2) is 0 Å². The van der Waals surface area contributed by atoms with E-state index >= 15 is 0 Å². The summed E-state index contributed by atoms with van der Waals surface area (Å²) in [4.78, 5) is 38.8. The first-order valence-electron chi connectivity index (χ1n) is 8.84. The second kappa shape index (κ2) is 9.71. The summed E-state index contributed by atoms with van der Waals surface area (Å²) in [6.45, 7) is 15.7. The molecule has 0 bridgehead atoms. The van der Waals surface area contributed by atoms with E-state index in [0.717, 1.165) is 4.90 Å². The Morgan fingerprint density at radius 3 is 1.88 bits per heavy atom. The van der Waals surface area contributed by atoms with Crippen LogP contribution in [0.3, 0.4) is 0 Å². The largest absolute Gasteiger partial charge is 0.458 e. The molecular weight excluding hydrogens is 336 g/mol. The van der Waals surface area contributed by atoms with Crippen LogP contribution in [0.5, 0.6) is 0 Å². The van der Waals surface area contributed by atoms with Gasteiger partial charge in [-0.05, 0) is 74.3 Å². The van der Waals surface area contributed by atoms with Crippen LogP contribution in [0, 0.1) is 0 Å². The molecule has 1 atom stereocenters. The van der Waals surface area contributed by atoms with E-state index in [1.807, 2.05) is 0 Å². The molecule has 0 radical (unpaired) electrons. The topological polar surface area (TPSA) is 98.9 Å². The van der Waals surface area contributed by atoms with E-state index in [0.29, 0.717) is 19.4 Å². The monoisotopic (exact) mass is 370 g/mol. The Morgan fingerprint density at radius 1 is 1.00 bits per heavy atom. The maximum Gasteiger partial charge on any atom is 0.418 e. The highest BCUT2D eigenvalue weighted by Gasteiger charge is 2.39. The normalized spacial score (nSPS) is 12.9. The van der Waals surface area contributed by atoms with Crippen LogP contribution in [0.15, 0.2) is 12.2 Å². The van der Waals surface area contributed by atoms with E-state index in [4.69, 9.17) is 15.2 Å². The van der Waals surface area contributed by atoms with Gasteiger partial charge in [-0.3, -0.25) is 4.79 Å². The lowest BCUT2D eigenvalue weighted by atomic mass is 10.1. The Kier molecular flexibility index (Phi) is 9.00. The molecule has 150 valence electrons. The van der Waals surface area contributed by atoms with E-state index < -0.39 is 35.2 Å². The average molecular weight is 370 g/mol. The summed E-state index contributed by atoms with van der Waals surface area (Å²) in [5, 5.41) is 0. The SMILES string of the molecule is C=C(C)C(=O)N(C(=O)OC(C)(C)C)[C@@H](CCCCN)C(=O)OC(C)(C)C. The number of nitrogens with two attached hydrogens (primary N) is 1. The van der Waals surface area contributed by atoms with Gasteiger partial charge in [-0.1, -0.05) is 6.58 Å². The van der Waals surface area contributed by atoms with Gasteiger partial charge in [0.05, 0.1) is 0 Å². The molecule has 0 aromatic heterocycles. The van der Waals surface area contributed by atoms with Gasteiger partial charge in [-0.15, -0.1) is 0 Å². The molecule has 7 nitrogen and oxygen atoms in total. The summed E-state index contributed by atoms with van der Waals surface area (Å²) in [6.07, 6.45) is 0.560. The van der Waals surface area contributed by atoms with Crippen LogP contribution in [0.2, 0.25) is 0 Å². The molecule has 0 aromatic carbocycles. The minimum atomic E-state index is -1.10. The number of hydrogen-bond acceptors (Lipinski definition) is 6. The lowest BCUT2D eigenvalue weighted by molar-refractivity contribution is -0.164. The zero-order chi connectivity index (χ0) is 20.7. The van der Waals surface area contributed by atoms with Crippen molar-refractivity contribution in [3.8, 4) is 0 Å². The number of carbonyl (C=O) groups excluding carboxylic acids is 3. The lowest BCUT2D eigenvalue weighted by Crippen LogP contribution is -2.52. The van der Waals surface area contributed by atoms with Gasteiger partial charge in [0.2, 0.25) is 0 Å². The van der Waals surface area contributed by atoms with Crippen LogP contribution in [0.1, 0.15) is 67.7 Å². The number of rotatable bonds is 7. The predicted molar refractivity (Wildman–Crippen MR) is 100 cm³/mol. The van der Waals surface area contributed by atoms with Crippen molar-refractivity contribution in [2.45, 2.75) is 85.0 Å². The summed E-state index contributed by atoms with van der Waals surface area (Å²) >= 11 is 0. The summed E-state index contributed by atoms with van der Waals surface area (Å²) < 4.78 is 10.8. The van der Waals surface area contributed by atoms with Crippen molar-refractivity contribution >= 4 is 18.0 Å². The van der Waals surface area contributed by atoms with Crippen LogP contribution >= 0.6 is 0 Å². The van der Waals surface area contributed by atoms with Crippen LogP contribution in [-0.4, -0.2) is 46.7 Å². The number of unbranched alkanes of at least 4 members (excludes halogenated alkanes) is 1. The van der Waals surface area contributed by atoms with Crippen molar-refractivity contribution in [2.24, 2.45) is 5.73 Å². The molecule has 0 saturated heterocycles. The number of carbonyl (C=O) groups is 3. The fourth-order valence-electron chi connectivity index (χ4n) is 2.07. The van der Waals surface area contributed by atoms with E-state index in [-0.39, 0.29) is 12.0 Å². The van der Waals surface area contributed by atoms with Gasteiger partial charge in [-0.25, -0.2) is 14.5 Å². The third kappa shape index (κ3) is 8.99. The highest BCUT2D eigenvalue weighted by Crippen LogP contribution is 2.21. The Labute approximate surface area is 156 Å². The van der Waals surface area contributed by atoms with E-state index in [1.165, 1.54) is 6.92 Å². The number of nitrogens with zero attached hydrogens (tertiary/aromatic N) is 1. The summed E-state index contributed by atoms with van der Waals surface area (Å²) in [5.41, 5.74) is 4.07. The number of esters is 1. The molecule has 26 heavy (non-hydrogen) atoms. The molecule has 0 rings (SSSR count). The molecule has 0 saturated carbocycles. The van der Waals surface area contributed by atoms with Crippen molar-refractivity contribution in [1.29, 1.82) is 0 Å². The van der Waals surface area contributed by atoms with Crippen molar-refractivity contribution < 1.29 is 23.9 Å². The fourth-order valence-corrected chi connectivity index (χ4v) is 2.07. The average Bonchev–Trinajstić information content (AvgIpc) is 2.41. The molecular formula is C19H34N2O5. The third-order valence-corrected chi connectivity index (χ3v) is 3.10. The van der Waals surface area contributed by atoms with E-state index in [9.17, 15) is 14.4 Å². The minimum absolute atomic E-state index is 0.128. The first-order valence-corrected chi connectivity index (χ1v) is 8.84. The van der Waals surface area contributed by atoms with E-state index in [2.05, 4.69) is 6.58 Å². The molecule has 0 heterocycles. The molecule has 0 aliphatic rings. The highest BCUT2D eigenvalue weighted by atomic mass is 16.6. The smallest absolute Gasteiger partial charge is 0.418 e.